The standard InChI is InChI=1S/C13H21NO/c1-5-12(9-14-10(2)3)8-13-7-6-11(4)15-13/h6-8,10,14H,5,9H2,1-4H3. The molecule has 0 aliphatic carbocycles. The Bertz CT molecular complexity index is 323. The van der Waals surface area contributed by atoms with Crippen LogP contribution < -0.4 is 5.32 Å². The molecule has 84 valence electrons. The van der Waals surface area contributed by atoms with Crippen LogP contribution in [-0.2, 0) is 0 Å². The minimum Gasteiger partial charge on any atom is -0.462 e. The molecule has 1 aromatic heterocycles. The summed E-state index contributed by atoms with van der Waals surface area (Å²) < 4.78 is 5.52. The lowest BCUT2D eigenvalue weighted by molar-refractivity contribution is 0.524. The molecule has 0 saturated heterocycles. The van der Waals surface area contributed by atoms with E-state index < -0.39 is 0 Å². The highest BCUT2D eigenvalue weighted by Crippen LogP contribution is 2.12. The monoisotopic (exact) mass is 207 g/mol. The molecule has 0 atom stereocenters. The van der Waals surface area contributed by atoms with Crippen LogP contribution in [0.3, 0.4) is 0 Å². The van der Waals surface area contributed by atoms with Crippen LogP contribution in [-0.4, -0.2) is 12.6 Å². The van der Waals surface area contributed by atoms with Gasteiger partial charge in [-0.15, -0.1) is 0 Å². The molecule has 0 amide bonds. The Morgan fingerprint density at radius 1 is 1.47 bits per heavy atom. The summed E-state index contributed by atoms with van der Waals surface area (Å²) in [5, 5.41) is 3.41. The fraction of sp³-hybridized carbons (Fsp3) is 0.538. The highest BCUT2D eigenvalue weighted by Gasteiger charge is 1.99. The fourth-order valence-corrected chi connectivity index (χ4v) is 1.35. The summed E-state index contributed by atoms with van der Waals surface area (Å²) >= 11 is 0. The zero-order valence-electron chi connectivity index (χ0n) is 10.1. The van der Waals surface area contributed by atoms with Crippen LogP contribution in [0.2, 0.25) is 0 Å². The molecule has 0 bridgehead atoms. The zero-order valence-corrected chi connectivity index (χ0v) is 10.1. The van der Waals surface area contributed by atoms with Gasteiger partial charge in [-0.05, 0) is 31.6 Å². The molecule has 0 unspecified atom stereocenters. The van der Waals surface area contributed by atoms with E-state index in [-0.39, 0.29) is 0 Å². The van der Waals surface area contributed by atoms with Gasteiger partial charge in [0, 0.05) is 12.6 Å². The molecule has 0 fully saturated rings. The second-order valence-corrected chi connectivity index (χ2v) is 4.14. The van der Waals surface area contributed by atoms with Crippen molar-refractivity contribution in [3.63, 3.8) is 0 Å². The van der Waals surface area contributed by atoms with Gasteiger partial charge in [-0.3, -0.25) is 0 Å². The van der Waals surface area contributed by atoms with Crippen LogP contribution in [0.5, 0.6) is 0 Å². The van der Waals surface area contributed by atoms with Crippen molar-refractivity contribution in [1.29, 1.82) is 0 Å². The van der Waals surface area contributed by atoms with E-state index in [1.54, 1.807) is 0 Å². The fourth-order valence-electron chi connectivity index (χ4n) is 1.35. The molecule has 0 aliphatic rings. The Morgan fingerprint density at radius 3 is 2.67 bits per heavy atom. The van der Waals surface area contributed by atoms with Gasteiger partial charge in [-0.1, -0.05) is 26.3 Å². The molecule has 2 heteroatoms. The first-order valence-electron chi connectivity index (χ1n) is 5.61. The molecule has 0 spiro atoms. The van der Waals surface area contributed by atoms with E-state index in [1.165, 1.54) is 5.57 Å². The predicted octanol–water partition coefficient (Wildman–Crippen LogP) is 3.38. The molecule has 1 N–H and O–H groups in total. The summed E-state index contributed by atoms with van der Waals surface area (Å²) in [6.45, 7) is 9.39. The normalized spacial score (nSPS) is 12.5. The second-order valence-electron chi connectivity index (χ2n) is 4.14. The summed E-state index contributed by atoms with van der Waals surface area (Å²) in [6.07, 6.45) is 3.18. The van der Waals surface area contributed by atoms with Gasteiger partial charge in [0.25, 0.3) is 0 Å². The third-order valence-corrected chi connectivity index (χ3v) is 2.30. The molecule has 1 rings (SSSR count). The Labute approximate surface area is 92.4 Å². The topological polar surface area (TPSA) is 25.2 Å². The molecule has 1 heterocycles. The highest BCUT2D eigenvalue weighted by molar-refractivity contribution is 5.48. The third kappa shape index (κ3) is 4.34. The first-order chi connectivity index (χ1) is 7.11. The summed E-state index contributed by atoms with van der Waals surface area (Å²) in [5.41, 5.74) is 1.37. The maximum Gasteiger partial charge on any atom is 0.127 e. The zero-order chi connectivity index (χ0) is 11.3. The van der Waals surface area contributed by atoms with Crippen molar-refractivity contribution in [2.24, 2.45) is 0 Å². The maximum atomic E-state index is 5.52. The second kappa shape index (κ2) is 5.76. The molecular weight excluding hydrogens is 186 g/mol. The Balaban J connectivity index is 2.61. The summed E-state index contributed by atoms with van der Waals surface area (Å²) in [6, 6.07) is 4.54. The number of nitrogens with one attached hydrogen (secondary N) is 1. The molecule has 0 aliphatic heterocycles. The van der Waals surface area contributed by atoms with E-state index >= 15 is 0 Å². The Kier molecular flexibility index (Phi) is 4.63. The van der Waals surface area contributed by atoms with Crippen LogP contribution in [0, 0.1) is 6.92 Å². The van der Waals surface area contributed by atoms with Gasteiger partial charge >= 0.3 is 0 Å². The van der Waals surface area contributed by atoms with Gasteiger partial charge in [0.1, 0.15) is 11.5 Å². The average Bonchev–Trinajstić information content (AvgIpc) is 2.58. The van der Waals surface area contributed by atoms with Crippen LogP contribution in [0.15, 0.2) is 22.1 Å². The van der Waals surface area contributed by atoms with Crippen LogP contribution in [0.25, 0.3) is 6.08 Å². The molecule has 2 nitrogen and oxygen atoms in total. The number of aryl methyl sites for hydroxylation is 1. The lowest BCUT2D eigenvalue weighted by Crippen LogP contribution is -2.24. The summed E-state index contributed by atoms with van der Waals surface area (Å²) in [5.74, 6) is 1.92. The Morgan fingerprint density at radius 2 is 2.20 bits per heavy atom. The molecule has 1 aromatic rings. The first kappa shape index (κ1) is 12.1. The lowest BCUT2D eigenvalue weighted by Gasteiger charge is -2.09. The first-order valence-corrected chi connectivity index (χ1v) is 5.61. The third-order valence-electron chi connectivity index (χ3n) is 2.30. The van der Waals surface area contributed by atoms with Crippen LogP contribution in [0.4, 0.5) is 0 Å². The van der Waals surface area contributed by atoms with Crippen molar-refractivity contribution in [2.75, 3.05) is 6.54 Å². The van der Waals surface area contributed by atoms with Crippen molar-refractivity contribution in [3.8, 4) is 0 Å². The van der Waals surface area contributed by atoms with Gasteiger partial charge in [0.15, 0.2) is 0 Å². The summed E-state index contributed by atoms with van der Waals surface area (Å²) in [4.78, 5) is 0. The minimum absolute atomic E-state index is 0.526. The lowest BCUT2D eigenvalue weighted by atomic mass is 10.1. The van der Waals surface area contributed by atoms with E-state index in [2.05, 4.69) is 32.2 Å². The predicted molar refractivity (Wildman–Crippen MR) is 64.9 cm³/mol. The van der Waals surface area contributed by atoms with Crippen LogP contribution in [0.1, 0.15) is 38.7 Å². The highest BCUT2D eigenvalue weighted by atomic mass is 16.3. The molecule has 15 heavy (non-hydrogen) atoms. The Hall–Kier alpha value is -1.02. The van der Waals surface area contributed by atoms with Gasteiger partial charge in [-0.2, -0.15) is 0 Å². The molecule has 0 aromatic carbocycles. The van der Waals surface area contributed by atoms with E-state index in [1.807, 2.05) is 19.1 Å². The van der Waals surface area contributed by atoms with E-state index in [0.717, 1.165) is 24.5 Å². The van der Waals surface area contributed by atoms with Crippen molar-refractivity contribution in [3.05, 3.63) is 29.2 Å². The van der Waals surface area contributed by atoms with E-state index in [9.17, 15) is 0 Å². The van der Waals surface area contributed by atoms with Crippen molar-refractivity contribution >= 4 is 6.08 Å². The minimum atomic E-state index is 0.526. The maximum absolute atomic E-state index is 5.52. The van der Waals surface area contributed by atoms with Gasteiger partial charge < -0.3 is 9.73 Å². The van der Waals surface area contributed by atoms with Crippen molar-refractivity contribution in [1.82, 2.24) is 5.32 Å². The average molecular weight is 207 g/mol. The number of hydrogen-bond acceptors (Lipinski definition) is 2. The largest absolute Gasteiger partial charge is 0.462 e. The van der Waals surface area contributed by atoms with E-state index in [4.69, 9.17) is 4.42 Å². The van der Waals surface area contributed by atoms with Gasteiger partial charge in [0.2, 0.25) is 0 Å². The van der Waals surface area contributed by atoms with E-state index in [0.29, 0.717) is 6.04 Å². The smallest absolute Gasteiger partial charge is 0.127 e. The SMILES string of the molecule is CCC(=Cc1ccc(C)o1)CNC(C)C. The molecular formula is C13H21NO. The van der Waals surface area contributed by atoms with Crippen molar-refractivity contribution < 1.29 is 4.42 Å². The van der Waals surface area contributed by atoms with Gasteiger partial charge in [-0.25, -0.2) is 0 Å². The molecule has 0 saturated carbocycles. The number of rotatable bonds is 5. The number of hydrogen-bond donors (Lipinski definition) is 1. The van der Waals surface area contributed by atoms with Crippen molar-refractivity contribution in [2.45, 2.75) is 40.2 Å². The number of furan rings is 1. The van der Waals surface area contributed by atoms with Gasteiger partial charge in [0.05, 0.1) is 0 Å². The summed E-state index contributed by atoms with van der Waals surface area (Å²) in [7, 11) is 0. The molecule has 0 radical (unpaired) electrons. The van der Waals surface area contributed by atoms with Crippen LogP contribution >= 0.6 is 0 Å². The quantitative estimate of drug-likeness (QED) is 0.800.